The first kappa shape index (κ1) is 15.7. The van der Waals surface area contributed by atoms with Gasteiger partial charge in [0.05, 0.1) is 0 Å². The number of aromatic amines is 1. The third kappa shape index (κ3) is 4.41. The number of aryl methyl sites for hydroxylation is 1. The molecule has 0 bridgehead atoms. The highest BCUT2D eigenvalue weighted by Crippen LogP contribution is 2.24. The summed E-state index contributed by atoms with van der Waals surface area (Å²) in [5.41, 5.74) is 1.35. The summed E-state index contributed by atoms with van der Waals surface area (Å²) in [6.45, 7) is 1.65. The molecule has 1 amide bonds. The highest BCUT2D eigenvalue weighted by molar-refractivity contribution is 5.76. The lowest BCUT2D eigenvalue weighted by Gasteiger charge is -2.31. The van der Waals surface area contributed by atoms with Crippen LogP contribution in [0.1, 0.15) is 49.4 Å². The SMILES string of the molecule is O=C(CCCCc1ccccc1)N1CCCC(c2ncn[nH]2)C1. The van der Waals surface area contributed by atoms with Crippen molar-refractivity contribution in [3.8, 4) is 0 Å². The molecule has 0 saturated carbocycles. The molecule has 1 aliphatic rings. The van der Waals surface area contributed by atoms with Crippen LogP contribution in [-0.4, -0.2) is 39.1 Å². The average molecular weight is 312 g/mol. The number of benzene rings is 1. The van der Waals surface area contributed by atoms with Gasteiger partial charge in [-0.2, -0.15) is 5.10 Å². The Bertz CT molecular complexity index is 597. The van der Waals surface area contributed by atoms with E-state index in [0.717, 1.165) is 51.0 Å². The van der Waals surface area contributed by atoms with E-state index in [-0.39, 0.29) is 5.91 Å². The van der Waals surface area contributed by atoms with Crippen molar-refractivity contribution >= 4 is 5.91 Å². The van der Waals surface area contributed by atoms with Crippen LogP contribution in [0.25, 0.3) is 0 Å². The van der Waals surface area contributed by atoms with Crippen LogP contribution in [0.5, 0.6) is 0 Å². The third-order valence-corrected chi connectivity index (χ3v) is 4.54. The number of hydrogen-bond donors (Lipinski definition) is 1. The lowest BCUT2D eigenvalue weighted by Crippen LogP contribution is -2.39. The Morgan fingerprint density at radius 3 is 2.91 bits per heavy atom. The van der Waals surface area contributed by atoms with Crippen LogP contribution in [0.15, 0.2) is 36.7 Å². The predicted octanol–water partition coefficient (Wildman–Crippen LogP) is 2.92. The number of likely N-dealkylation sites (tertiary alicyclic amines) is 1. The van der Waals surface area contributed by atoms with Crippen LogP contribution < -0.4 is 0 Å². The van der Waals surface area contributed by atoms with Gasteiger partial charge in [0.1, 0.15) is 12.2 Å². The Labute approximate surface area is 137 Å². The second-order valence-corrected chi connectivity index (χ2v) is 6.24. The van der Waals surface area contributed by atoms with Crippen LogP contribution in [-0.2, 0) is 11.2 Å². The number of nitrogens with one attached hydrogen (secondary N) is 1. The number of carbonyl (C=O) groups is 1. The summed E-state index contributed by atoms with van der Waals surface area (Å²) in [6, 6.07) is 10.5. The minimum absolute atomic E-state index is 0.280. The zero-order chi connectivity index (χ0) is 15.9. The molecule has 1 atom stereocenters. The molecule has 2 heterocycles. The van der Waals surface area contributed by atoms with Gasteiger partial charge < -0.3 is 4.90 Å². The minimum atomic E-state index is 0.280. The molecule has 122 valence electrons. The summed E-state index contributed by atoms with van der Waals surface area (Å²) in [5.74, 6) is 1.49. The lowest BCUT2D eigenvalue weighted by atomic mass is 9.97. The molecule has 1 fully saturated rings. The van der Waals surface area contributed by atoms with Gasteiger partial charge in [0, 0.05) is 25.4 Å². The molecule has 1 saturated heterocycles. The predicted molar refractivity (Wildman–Crippen MR) is 88.9 cm³/mol. The smallest absolute Gasteiger partial charge is 0.222 e. The standard InChI is InChI=1S/C18H24N4O/c23-17(11-5-4-9-15-7-2-1-3-8-15)22-12-6-10-16(13-22)18-19-14-20-21-18/h1-3,7-8,14,16H,4-6,9-13H2,(H,19,20,21). The van der Waals surface area contributed by atoms with E-state index in [1.807, 2.05) is 11.0 Å². The fraction of sp³-hybridized carbons (Fsp3) is 0.500. The van der Waals surface area contributed by atoms with Gasteiger partial charge >= 0.3 is 0 Å². The Hall–Kier alpha value is -2.17. The molecule has 5 nitrogen and oxygen atoms in total. The van der Waals surface area contributed by atoms with Crippen LogP contribution in [0.4, 0.5) is 0 Å². The van der Waals surface area contributed by atoms with Crippen molar-refractivity contribution in [2.45, 2.75) is 44.4 Å². The second-order valence-electron chi connectivity index (χ2n) is 6.24. The van der Waals surface area contributed by atoms with Crippen LogP contribution >= 0.6 is 0 Å². The maximum Gasteiger partial charge on any atom is 0.222 e. The van der Waals surface area contributed by atoms with Crippen LogP contribution in [0, 0.1) is 0 Å². The van der Waals surface area contributed by atoms with Crippen molar-refractivity contribution in [1.82, 2.24) is 20.1 Å². The fourth-order valence-corrected chi connectivity index (χ4v) is 3.25. The first-order valence-corrected chi connectivity index (χ1v) is 8.50. The molecular formula is C18H24N4O. The highest BCUT2D eigenvalue weighted by atomic mass is 16.2. The summed E-state index contributed by atoms with van der Waals surface area (Å²) < 4.78 is 0. The molecule has 1 aliphatic heterocycles. The molecule has 0 spiro atoms. The first-order valence-electron chi connectivity index (χ1n) is 8.50. The summed E-state index contributed by atoms with van der Waals surface area (Å²) in [5, 5.41) is 6.85. The second kappa shape index (κ2) is 7.90. The van der Waals surface area contributed by atoms with Gasteiger partial charge in [-0.05, 0) is 37.7 Å². The number of carbonyl (C=O) groups excluding carboxylic acids is 1. The van der Waals surface area contributed by atoms with Gasteiger partial charge in [-0.1, -0.05) is 30.3 Å². The molecule has 1 aromatic carbocycles. The Morgan fingerprint density at radius 1 is 1.26 bits per heavy atom. The summed E-state index contributed by atoms with van der Waals surface area (Å²) >= 11 is 0. The van der Waals surface area contributed by atoms with E-state index < -0.39 is 0 Å². The normalized spacial score (nSPS) is 18.1. The van der Waals surface area contributed by atoms with Gasteiger partial charge in [-0.25, -0.2) is 4.98 Å². The molecule has 3 rings (SSSR count). The number of hydrogen-bond acceptors (Lipinski definition) is 3. The molecule has 2 aromatic rings. The van der Waals surface area contributed by atoms with Crippen molar-refractivity contribution in [1.29, 1.82) is 0 Å². The van der Waals surface area contributed by atoms with E-state index >= 15 is 0 Å². The molecule has 1 N–H and O–H groups in total. The maximum absolute atomic E-state index is 12.4. The average Bonchev–Trinajstić information content (AvgIpc) is 3.14. The van der Waals surface area contributed by atoms with E-state index in [1.165, 1.54) is 5.56 Å². The molecule has 1 aromatic heterocycles. The van der Waals surface area contributed by atoms with Crippen molar-refractivity contribution in [3.05, 3.63) is 48.0 Å². The molecule has 1 unspecified atom stereocenters. The Kier molecular flexibility index (Phi) is 5.40. The molecule has 23 heavy (non-hydrogen) atoms. The number of rotatable bonds is 6. The number of unbranched alkanes of at least 4 members (excludes halogenated alkanes) is 1. The van der Waals surface area contributed by atoms with Gasteiger partial charge in [0.2, 0.25) is 5.91 Å². The zero-order valence-electron chi connectivity index (χ0n) is 13.4. The molecule has 0 aliphatic carbocycles. The number of H-pyrrole nitrogens is 1. The summed E-state index contributed by atoms with van der Waals surface area (Å²) in [7, 11) is 0. The van der Waals surface area contributed by atoms with Gasteiger partial charge in [-0.3, -0.25) is 9.89 Å². The Balaban J connectivity index is 1.41. The number of nitrogens with zero attached hydrogens (tertiary/aromatic N) is 3. The minimum Gasteiger partial charge on any atom is -0.342 e. The van der Waals surface area contributed by atoms with E-state index in [9.17, 15) is 4.79 Å². The van der Waals surface area contributed by atoms with E-state index in [2.05, 4.69) is 39.4 Å². The molecule has 0 radical (unpaired) electrons. The maximum atomic E-state index is 12.4. The fourth-order valence-electron chi connectivity index (χ4n) is 3.25. The van der Waals surface area contributed by atoms with Crippen molar-refractivity contribution < 1.29 is 4.79 Å². The molecular weight excluding hydrogens is 288 g/mol. The number of aromatic nitrogens is 3. The van der Waals surface area contributed by atoms with Crippen molar-refractivity contribution in [3.63, 3.8) is 0 Å². The molecule has 5 heteroatoms. The van der Waals surface area contributed by atoms with E-state index in [1.54, 1.807) is 6.33 Å². The number of piperidine rings is 1. The van der Waals surface area contributed by atoms with Crippen LogP contribution in [0.3, 0.4) is 0 Å². The van der Waals surface area contributed by atoms with Crippen molar-refractivity contribution in [2.75, 3.05) is 13.1 Å². The number of amides is 1. The highest BCUT2D eigenvalue weighted by Gasteiger charge is 2.25. The third-order valence-electron chi connectivity index (χ3n) is 4.54. The quantitative estimate of drug-likeness (QED) is 0.834. The van der Waals surface area contributed by atoms with E-state index in [0.29, 0.717) is 12.3 Å². The van der Waals surface area contributed by atoms with Gasteiger partial charge in [0.15, 0.2) is 0 Å². The van der Waals surface area contributed by atoms with Crippen LogP contribution in [0.2, 0.25) is 0 Å². The first-order chi connectivity index (χ1) is 11.3. The van der Waals surface area contributed by atoms with Crippen molar-refractivity contribution in [2.24, 2.45) is 0 Å². The summed E-state index contributed by atoms with van der Waals surface area (Å²) in [4.78, 5) is 18.6. The Morgan fingerprint density at radius 2 is 2.13 bits per heavy atom. The van der Waals surface area contributed by atoms with Gasteiger partial charge in [0.25, 0.3) is 0 Å². The zero-order valence-corrected chi connectivity index (χ0v) is 13.4. The lowest BCUT2D eigenvalue weighted by molar-refractivity contribution is -0.132. The topological polar surface area (TPSA) is 61.9 Å². The summed E-state index contributed by atoms with van der Waals surface area (Å²) in [6.07, 6.45) is 7.38. The van der Waals surface area contributed by atoms with Gasteiger partial charge in [-0.15, -0.1) is 0 Å². The monoisotopic (exact) mass is 312 g/mol. The van der Waals surface area contributed by atoms with E-state index in [4.69, 9.17) is 0 Å². The largest absolute Gasteiger partial charge is 0.342 e.